The van der Waals surface area contributed by atoms with Gasteiger partial charge in [0.15, 0.2) is 0 Å². The molecule has 0 bridgehead atoms. The third kappa shape index (κ3) is 7.87. The van der Waals surface area contributed by atoms with Gasteiger partial charge in [0.05, 0.1) is 17.9 Å². The van der Waals surface area contributed by atoms with Crippen LogP contribution in [0.1, 0.15) is 16.7 Å². The molecule has 0 spiro atoms. The first-order valence-corrected chi connectivity index (χ1v) is 14.9. The van der Waals surface area contributed by atoms with Crippen molar-refractivity contribution >= 4 is 46.9 Å². The second-order valence-corrected chi connectivity index (χ2v) is 10.3. The Bertz CT molecular complexity index is 2000. The monoisotopic (exact) mass is 598 g/mol. The first-order valence-electron chi connectivity index (χ1n) is 14.9. The molecule has 6 rings (SSSR count). The van der Waals surface area contributed by atoms with Crippen molar-refractivity contribution < 1.29 is 0 Å². The minimum atomic E-state index is 0.576. The normalized spacial score (nSPS) is 11.5. The molecule has 6 heteroatoms. The quantitative estimate of drug-likeness (QED) is 0.133. The van der Waals surface area contributed by atoms with Crippen LogP contribution in [0.3, 0.4) is 0 Å². The van der Waals surface area contributed by atoms with Crippen LogP contribution in [0.4, 0.5) is 0 Å². The van der Waals surface area contributed by atoms with Gasteiger partial charge in [0.1, 0.15) is 6.33 Å². The second-order valence-electron chi connectivity index (χ2n) is 10.3. The molecule has 0 aliphatic carbocycles. The number of nitrogens with zero attached hydrogens (tertiary/aromatic N) is 5. The fourth-order valence-electron chi connectivity index (χ4n) is 5.13. The molecule has 6 nitrogen and oxygen atoms in total. The Morgan fingerprint density at radius 2 is 1.33 bits per heavy atom. The number of fused-ring (bicyclic) bond motifs is 2. The van der Waals surface area contributed by atoms with Crippen LogP contribution >= 0.6 is 0 Å². The molecule has 224 valence electrons. The fraction of sp³-hybridized carbons (Fsp3) is 0.0500. The van der Waals surface area contributed by atoms with Crippen molar-refractivity contribution in [2.75, 3.05) is 0 Å². The first-order chi connectivity index (χ1) is 22.7. The lowest BCUT2D eigenvalue weighted by Gasteiger charge is -2.14. The summed E-state index contributed by atoms with van der Waals surface area (Å²) in [5, 5.41) is 11.7. The average Bonchev–Trinajstić information content (AvgIpc) is 3.11. The SMILES string of the molecule is C=N/C=C\C=NCc1c2ccccc2c(C=N/C=C\C=N)c2ccc(C)cc12.c1ccc(-c2cc(-c3ccccc3)ncn2)cc1. The van der Waals surface area contributed by atoms with E-state index in [0.29, 0.717) is 6.54 Å². The Balaban J connectivity index is 0.000000198. The Hall–Kier alpha value is -6.14. The zero-order valence-electron chi connectivity index (χ0n) is 25.7. The minimum absolute atomic E-state index is 0.576. The van der Waals surface area contributed by atoms with E-state index < -0.39 is 0 Å². The number of allylic oxidation sites excluding steroid dienone is 2. The molecule has 0 saturated heterocycles. The van der Waals surface area contributed by atoms with Gasteiger partial charge in [-0.05, 0) is 59.0 Å². The van der Waals surface area contributed by atoms with Crippen LogP contribution in [0.25, 0.3) is 44.1 Å². The summed E-state index contributed by atoms with van der Waals surface area (Å²) in [6.07, 6.45) is 13.1. The molecule has 0 aliphatic rings. The van der Waals surface area contributed by atoms with Crippen molar-refractivity contribution in [3.8, 4) is 22.5 Å². The highest BCUT2D eigenvalue weighted by atomic mass is 14.8. The van der Waals surface area contributed by atoms with Gasteiger partial charge in [-0.25, -0.2) is 9.97 Å². The number of hydrogen-bond donors (Lipinski definition) is 1. The molecule has 1 aromatic heterocycles. The highest BCUT2D eigenvalue weighted by Crippen LogP contribution is 2.33. The van der Waals surface area contributed by atoms with Crippen LogP contribution in [0.2, 0.25) is 0 Å². The summed E-state index contributed by atoms with van der Waals surface area (Å²) in [6, 6.07) is 37.1. The van der Waals surface area contributed by atoms with Gasteiger partial charge >= 0.3 is 0 Å². The van der Waals surface area contributed by atoms with E-state index in [-0.39, 0.29) is 0 Å². The number of aryl methyl sites for hydroxylation is 1. The number of benzene rings is 5. The van der Waals surface area contributed by atoms with E-state index in [4.69, 9.17) is 5.41 Å². The van der Waals surface area contributed by atoms with Crippen LogP contribution in [0.15, 0.2) is 155 Å². The molecule has 0 atom stereocenters. The van der Waals surface area contributed by atoms with E-state index in [2.05, 4.69) is 99.3 Å². The summed E-state index contributed by atoms with van der Waals surface area (Å²) in [7, 11) is 0. The van der Waals surface area contributed by atoms with Gasteiger partial charge in [0, 0.05) is 47.7 Å². The molecular weight excluding hydrogens is 564 g/mol. The van der Waals surface area contributed by atoms with E-state index in [1.807, 2.05) is 54.7 Å². The van der Waals surface area contributed by atoms with Crippen LogP contribution in [-0.4, -0.2) is 35.3 Å². The van der Waals surface area contributed by atoms with Crippen molar-refractivity contribution in [3.63, 3.8) is 0 Å². The van der Waals surface area contributed by atoms with E-state index in [1.165, 1.54) is 28.1 Å². The molecule has 1 heterocycles. The van der Waals surface area contributed by atoms with Gasteiger partial charge in [-0.2, -0.15) is 0 Å². The van der Waals surface area contributed by atoms with Gasteiger partial charge in [0.2, 0.25) is 0 Å². The van der Waals surface area contributed by atoms with Gasteiger partial charge in [-0.15, -0.1) is 0 Å². The van der Waals surface area contributed by atoms with Crippen molar-refractivity contribution in [2.24, 2.45) is 15.0 Å². The third-order valence-corrected chi connectivity index (χ3v) is 7.24. The number of aliphatic imine (C=N–C) groups is 3. The highest BCUT2D eigenvalue weighted by molar-refractivity contribution is 6.15. The fourth-order valence-corrected chi connectivity index (χ4v) is 5.13. The van der Waals surface area contributed by atoms with Gasteiger partial charge < -0.3 is 5.41 Å². The Labute approximate surface area is 269 Å². The predicted molar refractivity (Wildman–Crippen MR) is 195 cm³/mol. The van der Waals surface area contributed by atoms with Gasteiger partial charge in [0.25, 0.3) is 0 Å². The number of aromatic nitrogens is 2. The molecule has 5 aromatic carbocycles. The van der Waals surface area contributed by atoms with E-state index in [1.54, 1.807) is 37.1 Å². The zero-order chi connectivity index (χ0) is 32.0. The topological polar surface area (TPSA) is 86.7 Å². The molecule has 1 N–H and O–H groups in total. The minimum Gasteiger partial charge on any atom is -0.309 e. The maximum atomic E-state index is 7.09. The molecule has 46 heavy (non-hydrogen) atoms. The molecule has 6 aromatic rings. The van der Waals surface area contributed by atoms with Crippen LogP contribution in [0, 0.1) is 12.3 Å². The predicted octanol–water partition coefficient (Wildman–Crippen LogP) is 9.48. The van der Waals surface area contributed by atoms with Gasteiger partial charge in [-0.1, -0.05) is 109 Å². The molecule has 0 saturated carbocycles. The molecule has 0 fully saturated rings. The summed E-state index contributed by atoms with van der Waals surface area (Å²) >= 11 is 0. The Morgan fingerprint density at radius 1 is 0.696 bits per heavy atom. The summed E-state index contributed by atoms with van der Waals surface area (Å²) in [4.78, 5) is 21.3. The van der Waals surface area contributed by atoms with Crippen LogP contribution < -0.4 is 0 Å². The van der Waals surface area contributed by atoms with Crippen molar-refractivity contribution in [1.82, 2.24) is 9.97 Å². The average molecular weight is 599 g/mol. The third-order valence-electron chi connectivity index (χ3n) is 7.24. The van der Waals surface area contributed by atoms with Crippen molar-refractivity contribution in [1.29, 1.82) is 5.41 Å². The molecule has 0 radical (unpaired) electrons. The van der Waals surface area contributed by atoms with Crippen LogP contribution in [-0.2, 0) is 6.54 Å². The lowest BCUT2D eigenvalue weighted by Crippen LogP contribution is -1.95. The maximum Gasteiger partial charge on any atom is 0.116 e. The lowest BCUT2D eigenvalue weighted by molar-refractivity contribution is 1.11. The summed E-state index contributed by atoms with van der Waals surface area (Å²) in [6.45, 7) is 6.10. The molecule has 0 amide bonds. The largest absolute Gasteiger partial charge is 0.309 e. The molecule has 0 aliphatic heterocycles. The van der Waals surface area contributed by atoms with E-state index in [0.717, 1.165) is 38.9 Å². The first kappa shape index (κ1) is 31.3. The second kappa shape index (κ2) is 16.1. The summed E-state index contributed by atoms with van der Waals surface area (Å²) in [5.74, 6) is 0. The van der Waals surface area contributed by atoms with E-state index in [9.17, 15) is 0 Å². The molecular formula is C40H34N6. The number of hydrogen-bond acceptors (Lipinski definition) is 6. The maximum absolute atomic E-state index is 7.09. The molecule has 0 unspecified atom stereocenters. The Morgan fingerprint density at radius 3 is 1.98 bits per heavy atom. The van der Waals surface area contributed by atoms with Crippen molar-refractivity contribution in [2.45, 2.75) is 13.5 Å². The zero-order valence-corrected chi connectivity index (χ0v) is 25.7. The van der Waals surface area contributed by atoms with Crippen molar-refractivity contribution in [3.05, 3.63) is 157 Å². The van der Waals surface area contributed by atoms with Gasteiger partial charge in [-0.3, -0.25) is 15.0 Å². The van der Waals surface area contributed by atoms with E-state index >= 15 is 0 Å². The smallest absolute Gasteiger partial charge is 0.116 e. The number of nitrogens with one attached hydrogen (secondary N) is 1. The standard InChI is InChI=1S/C24H22N4.C16H12N2/c1-18-9-10-21-22(15-18)24(17-28-14-6-12-26-2)20-8-4-3-7-19(20)23(21)16-27-13-5-11-25;1-3-7-13(8-4-1)15-11-16(18-12-17-15)14-9-5-2-6-10-14/h3-16,25H,2,17H2,1H3;1-12H/b12-6-,13-5-,25-11?,27-16?,28-14?;. The summed E-state index contributed by atoms with van der Waals surface area (Å²) in [5.41, 5.74) is 7.58. The Kier molecular flexibility index (Phi) is 10.9. The van der Waals surface area contributed by atoms with Crippen LogP contribution in [0.5, 0.6) is 0 Å². The number of rotatable bonds is 9. The lowest BCUT2D eigenvalue weighted by atomic mass is 9.91. The summed E-state index contributed by atoms with van der Waals surface area (Å²) < 4.78 is 0. The highest BCUT2D eigenvalue weighted by Gasteiger charge is 2.12.